The monoisotopic (exact) mass is 460 g/mol. The largest absolute Gasteiger partial charge is 0.496 e. The molecule has 3 fully saturated rings. The summed E-state index contributed by atoms with van der Waals surface area (Å²) in [5, 5.41) is 9.32. The van der Waals surface area contributed by atoms with Gasteiger partial charge in [0, 0.05) is 23.1 Å². The number of hydrogen-bond acceptors (Lipinski definition) is 5. The predicted molar refractivity (Wildman–Crippen MR) is 129 cm³/mol. The first-order valence-electron chi connectivity index (χ1n) is 12.6. The quantitative estimate of drug-likeness (QED) is 0.394. The summed E-state index contributed by atoms with van der Waals surface area (Å²) in [6.45, 7) is 18.8. The Hall–Kier alpha value is -1.14. The van der Waals surface area contributed by atoms with E-state index in [-0.39, 0.29) is 22.9 Å². The molecule has 1 aromatic rings. The molecule has 3 aliphatic rings. The molecular weight excluding hydrogens is 416 g/mol. The van der Waals surface area contributed by atoms with Crippen LogP contribution in [0.1, 0.15) is 95.9 Å². The lowest BCUT2D eigenvalue weighted by Crippen LogP contribution is -2.72. The van der Waals surface area contributed by atoms with Crippen molar-refractivity contribution >= 4 is 0 Å². The molecular formula is C28H44O5. The Morgan fingerprint density at radius 1 is 1.12 bits per heavy atom. The third-order valence-electron chi connectivity index (χ3n) is 9.59. The topological polar surface area (TPSA) is 57.2 Å². The standard InChI is InChI=1S/C28H44O5/c1-18-16-21(19(2)22(23(18)30-9)24(3,4)5)28(31-15-11-10-14-29)27(32-33-28)17-20-12-13-26(27,8)25(20,6)7/h16,20,29H,10-15,17H2,1-9H3. The second-order valence-electron chi connectivity index (χ2n) is 12.4. The zero-order valence-corrected chi connectivity index (χ0v) is 22.2. The van der Waals surface area contributed by atoms with E-state index in [0.29, 0.717) is 18.9 Å². The van der Waals surface area contributed by atoms with Crippen LogP contribution in [-0.4, -0.2) is 31.0 Å². The first-order valence-corrected chi connectivity index (χ1v) is 12.6. The maximum Gasteiger partial charge on any atom is 0.261 e. The molecule has 1 spiro atoms. The van der Waals surface area contributed by atoms with Crippen molar-refractivity contribution in [1.29, 1.82) is 0 Å². The maximum absolute atomic E-state index is 9.32. The maximum atomic E-state index is 9.32. The van der Waals surface area contributed by atoms with Crippen LogP contribution in [0.15, 0.2) is 6.07 Å². The second-order valence-corrected chi connectivity index (χ2v) is 12.4. The molecule has 2 saturated carbocycles. The van der Waals surface area contributed by atoms with Crippen molar-refractivity contribution in [3.05, 3.63) is 28.3 Å². The molecule has 1 heterocycles. The van der Waals surface area contributed by atoms with Crippen LogP contribution < -0.4 is 4.74 Å². The van der Waals surface area contributed by atoms with Crippen molar-refractivity contribution in [2.45, 2.75) is 104 Å². The predicted octanol–water partition coefficient (Wildman–Crippen LogP) is 6.10. The zero-order chi connectivity index (χ0) is 24.4. The Bertz CT molecular complexity index is 916. The van der Waals surface area contributed by atoms with Crippen LogP contribution in [0.4, 0.5) is 0 Å². The van der Waals surface area contributed by atoms with Crippen molar-refractivity contribution in [2.24, 2.45) is 16.7 Å². The summed E-state index contributed by atoms with van der Waals surface area (Å²) in [5.41, 5.74) is 3.91. The van der Waals surface area contributed by atoms with E-state index in [0.717, 1.165) is 41.7 Å². The summed E-state index contributed by atoms with van der Waals surface area (Å²) >= 11 is 0. The Labute approximate surface area is 200 Å². The van der Waals surface area contributed by atoms with Gasteiger partial charge in [-0.05, 0) is 79.9 Å². The van der Waals surface area contributed by atoms with Gasteiger partial charge in [0.2, 0.25) is 0 Å². The van der Waals surface area contributed by atoms with Crippen molar-refractivity contribution in [3.8, 4) is 5.75 Å². The van der Waals surface area contributed by atoms with Gasteiger partial charge in [0.25, 0.3) is 5.79 Å². The van der Waals surface area contributed by atoms with E-state index >= 15 is 0 Å². The van der Waals surface area contributed by atoms with Gasteiger partial charge in [-0.3, -0.25) is 0 Å². The van der Waals surface area contributed by atoms with Gasteiger partial charge in [0.1, 0.15) is 5.75 Å². The molecule has 1 saturated heterocycles. The number of aliphatic hydroxyl groups is 1. The van der Waals surface area contributed by atoms with Gasteiger partial charge >= 0.3 is 0 Å². The molecule has 4 atom stereocenters. The number of methoxy groups -OCH3 is 1. The van der Waals surface area contributed by atoms with Gasteiger partial charge in [0.15, 0.2) is 5.60 Å². The molecule has 33 heavy (non-hydrogen) atoms. The van der Waals surface area contributed by atoms with Gasteiger partial charge in [-0.2, -0.15) is 4.89 Å². The Morgan fingerprint density at radius 3 is 2.27 bits per heavy atom. The molecule has 4 unspecified atom stereocenters. The van der Waals surface area contributed by atoms with Gasteiger partial charge in [-0.15, -0.1) is 0 Å². The first kappa shape index (κ1) is 25.0. The van der Waals surface area contributed by atoms with Crippen LogP contribution in [0.5, 0.6) is 5.75 Å². The molecule has 1 aliphatic heterocycles. The highest BCUT2D eigenvalue weighted by molar-refractivity contribution is 5.55. The highest BCUT2D eigenvalue weighted by Gasteiger charge is 2.83. The number of benzene rings is 1. The molecule has 0 radical (unpaired) electrons. The zero-order valence-electron chi connectivity index (χ0n) is 22.2. The SMILES string of the molecule is COc1c(C)cc(C2(OCCCCO)OOC23CC2CCC3(C)C2(C)C)c(C)c1C(C)(C)C. The van der Waals surface area contributed by atoms with Crippen LogP contribution in [0.3, 0.4) is 0 Å². The van der Waals surface area contributed by atoms with E-state index in [1.807, 2.05) is 0 Å². The molecule has 2 aliphatic carbocycles. The molecule has 0 aromatic heterocycles. The van der Waals surface area contributed by atoms with Gasteiger partial charge in [0.05, 0.1) is 13.7 Å². The minimum Gasteiger partial charge on any atom is -0.496 e. The molecule has 1 N–H and O–H groups in total. The number of aryl methyl sites for hydroxylation is 1. The smallest absolute Gasteiger partial charge is 0.261 e. The summed E-state index contributed by atoms with van der Waals surface area (Å²) in [7, 11) is 1.75. The van der Waals surface area contributed by atoms with Crippen molar-refractivity contribution in [2.75, 3.05) is 20.3 Å². The lowest BCUT2D eigenvalue weighted by molar-refractivity contribution is -0.639. The summed E-state index contributed by atoms with van der Waals surface area (Å²) < 4.78 is 12.7. The lowest BCUT2D eigenvalue weighted by Gasteiger charge is -2.62. The van der Waals surface area contributed by atoms with Crippen LogP contribution in [0, 0.1) is 30.6 Å². The number of ether oxygens (including phenoxy) is 2. The Kier molecular flexibility index (Phi) is 6.01. The third kappa shape index (κ3) is 3.11. The average Bonchev–Trinajstić information content (AvgIpc) is 3.06. The molecule has 2 bridgehead atoms. The fraction of sp³-hybridized carbons (Fsp3) is 0.786. The van der Waals surface area contributed by atoms with E-state index in [9.17, 15) is 5.11 Å². The van der Waals surface area contributed by atoms with Crippen LogP contribution in [0.2, 0.25) is 0 Å². The van der Waals surface area contributed by atoms with Crippen LogP contribution >= 0.6 is 0 Å². The second kappa shape index (κ2) is 7.94. The van der Waals surface area contributed by atoms with Crippen LogP contribution in [0.25, 0.3) is 0 Å². The molecule has 5 nitrogen and oxygen atoms in total. The van der Waals surface area contributed by atoms with E-state index in [2.05, 4.69) is 61.5 Å². The summed E-state index contributed by atoms with van der Waals surface area (Å²) in [6.07, 6.45) is 4.76. The number of rotatable bonds is 7. The Balaban J connectivity index is 1.92. The average molecular weight is 461 g/mol. The van der Waals surface area contributed by atoms with E-state index in [1.165, 1.54) is 12.0 Å². The highest BCUT2D eigenvalue weighted by Crippen LogP contribution is 2.78. The fourth-order valence-corrected chi connectivity index (χ4v) is 7.40. The van der Waals surface area contributed by atoms with Crippen molar-refractivity contribution < 1.29 is 24.4 Å². The minimum absolute atomic E-state index is 0.0674. The number of fused-ring (bicyclic) bond motifs is 3. The Morgan fingerprint density at radius 2 is 1.82 bits per heavy atom. The van der Waals surface area contributed by atoms with E-state index in [4.69, 9.17) is 19.2 Å². The summed E-state index contributed by atoms with van der Waals surface area (Å²) in [4.78, 5) is 12.4. The van der Waals surface area contributed by atoms with Gasteiger partial charge < -0.3 is 14.6 Å². The molecule has 186 valence electrons. The summed E-state index contributed by atoms with van der Waals surface area (Å²) in [5.74, 6) is 0.548. The van der Waals surface area contributed by atoms with E-state index in [1.54, 1.807) is 7.11 Å². The number of aliphatic hydroxyl groups excluding tert-OH is 1. The fourth-order valence-electron chi connectivity index (χ4n) is 7.40. The first-order chi connectivity index (χ1) is 15.3. The van der Waals surface area contributed by atoms with Gasteiger partial charge in [-0.1, -0.05) is 41.5 Å². The normalized spacial score (nSPS) is 34.7. The molecule has 5 heteroatoms. The van der Waals surface area contributed by atoms with E-state index < -0.39 is 11.4 Å². The minimum atomic E-state index is -0.967. The van der Waals surface area contributed by atoms with Gasteiger partial charge in [-0.25, -0.2) is 4.89 Å². The summed E-state index contributed by atoms with van der Waals surface area (Å²) in [6, 6.07) is 2.20. The van der Waals surface area contributed by atoms with Crippen LogP contribution in [-0.2, 0) is 25.7 Å². The lowest BCUT2D eigenvalue weighted by atomic mass is 9.59. The third-order valence-corrected chi connectivity index (χ3v) is 9.59. The van der Waals surface area contributed by atoms with Crippen molar-refractivity contribution in [3.63, 3.8) is 0 Å². The van der Waals surface area contributed by atoms with Crippen molar-refractivity contribution in [1.82, 2.24) is 0 Å². The number of unbranched alkanes of at least 4 members (excludes halogenated alkanes) is 1. The number of hydrogen-bond donors (Lipinski definition) is 1. The molecule has 4 rings (SSSR count). The highest BCUT2D eigenvalue weighted by atomic mass is 17.3. The molecule has 0 amide bonds. The molecule has 1 aromatic carbocycles.